The highest BCUT2D eigenvalue weighted by molar-refractivity contribution is 7.09. The molecule has 0 spiro atoms. The molecule has 3 rings (SSSR count). The van der Waals surface area contributed by atoms with Crippen molar-refractivity contribution >= 4 is 17.2 Å². The van der Waals surface area contributed by atoms with Crippen molar-refractivity contribution in [2.24, 2.45) is 0 Å². The quantitative estimate of drug-likeness (QED) is 0.772. The summed E-state index contributed by atoms with van der Waals surface area (Å²) in [6.07, 6.45) is 2.93. The molecular formula is C18H21NOS. The fraction of sp³-hybridized carbons (Fsp3) is 0.389. The molecule has 1 fully saturated rings. The van der Waals surface area contributed by atoms with Gasteiger partial charge < -0.3 is 4.90 Å². The van der Waals surface area contributed by atoms with E-state index in [1.54, 1.807) is 11.3 Å². The number of rotatable bonds is 6. The van der Waals surface area contributed by atoms with Crippen molar-refractivity contribution in [1.29, 1.82) is 0 Å². The van der Waals surface area contributed by atoms with E-state index in [4.69, 9.17) is 0 Å². The van der Waals surface area contributed by atoms with Gasteiger partial charge in [0.1, 0.15) is 0 Å². The van der Waals surface area contributed by atoms with Gasteiger partial charge in [-0.3, -0.25) is 4.79 Å². The van der Waals surface area contributed by atoms with E-state index in [0.717, 1.165) is 19.4 Å². The van der Waals surface area contributed by atoms with E-state index in [1.807, 2.05) is 18.2 Å². The first kappa shape index (κ1) is 14.3. The zero-order chi connectivity index (χ0) is 14.7. The molecule has 1 saturated carbocycles. The number of benzene rings is 1. The molecule has 21 heavy (non-hydrogen) atoms. The Hall–Kier alpha value is -1.61. The van der Waals surface area contributed by atoms with Gasteiger partial charge in [-0.05, 0) is 35.8 Å². The maximum absolute atomic E-state index is 12.7. The lowest BCUT2D eigenvalue weighted by molar-refractivity contribution is -0.132. The summed E-state index contributed by atoms with van der Waals surface area (Å²) in [5.41, 5.74) is 1.25. The first-order chi connectivity index (χ1) is 10.2. The Morgan fingerprint density at radius 1 is 1.24 bits per heavy atom. The molecule has 1 aliphatic rings. The molecule has 3 heteroatoms. The van der Waals surface area contributed by atoms with Crippen LogP contribution in [-0.4, -0.2) is 16.8 Å². The Morgan fingerprint density at radius 2 is 2.00 bits per heavy atom. The summed E-state index contributed by atoms with van der Waals surface area (Å²) >= 11 is 1.74. The number of nitrogens with zero attached hydrogens (tertiary/aromatic N) is 1. The van der Waals surface area contributed by atoms with Crippen LogP contribution < -0.4 is 0 Å². The van der Waals surface area contributed by atoms with E-state index >= 15 is 0 Å². The molecule has 1 aromatic heterocycles. The Bertz CT molecular complexity index is 575. The zero-order valence-corrected chi connectivity index (χ0v) is 13.2. The predicted molar refractivity (Wildman–Crippen MR) is 87.4 cm³/mol. The molecular weight excluding hydrogens is 278 g/mol. The number of hydrogen-bond donors (Lipinski definition) is 0. The zero-order valence-electron chi connectivity index (χ0n) is 12.4. The molecule has 2 nitrogen and oxygen atoms in total. The van der Waals surface area contributed by atoms with Gasteiger partial charge in [-0.1, -0.05) is 43.3 Å². The van der Waals surface area contributed by atoms with E-state index in [-0.39, 0.29) is 5.92 Å². The molecule has 0 saturated heterocycles. The van der Waals surface area contributed by atoms with E-state index in [2.05, 4.69) is 41.5 Å². The second-order valence-corrected chi connectivity index (χ2v) is 6.88. The molecule has 2 aromatic rings. The largest absolute Gasteiger partial charge is 0.335 e. The third kappa shape index (κ3) is 3.73. The second kappa shape index (κ2) is 6.44. The van der Waals surface area contributed by atoms with Crippen molar-refractivity contribution in [1.82, 2.24) is 4.90 Å². The minimum Gasteiger partial charge on any atom is -0.335 e. The second-order valence-electron chi connectivity index (χ2n) is 5.85. The summed E-state index contributed by atoms with van der Waals surface area (Å²) in [6, 6.07) is 15.0. The molecule has 0 N–H and O–H groups in total. The van der Waals surface area contributed by atoms with Gasteiger partial charge in [0.05, 0.1) is 6.54 Å². The Kier molecular flexibility index (Phi) is 4.39. The summed E-state index contributed by atoms with van der Waals surface area (Å²) < 4.78 is 0. The fourth-order valence-electron chi connectivity index (χ4n) is 2.66. The van der Waals surface area contributed by atoms with Crippen LogP contribution in [-0.2, 0) is 11.3 Å². The highest BCUT2D eigenvalue weighted by Crippen LogP contribution is 2.31. The van der Waals surface area contributed by atoms with Crippen molar-refractivity contribution < 1.29 is 4.79 Å². The first-order valence-corrected chi connectivity index (χ1v) is 8.49. The van der Waals surface area contributed by atoms with Crippen LogP contribution in [0.1, 0.15) is 42.5 Å². The van der Waals surface area contributed by atoms with Gasteiger partial charge in [0.25, 0.3) is 0 Å². The van der Waals surface area contributed by atoms with Crippen LogP contribution in [0.5, 0.6) is 0 Å². The maximum atomic E-state index is 12.7. The Balaban J connectivity index is 1.64. The molecule has 1 heterocycles. The smallest absolute Gasteiger partial charge is 0.223 e. The van der Waals surface area contributed by atoms with Gasteiger partial charge in [-0.2, -0.15) is 0 Å². The summed E-state index contributed by atoms with van der Waals surface area (Å²) in [7, 11) is 0. The summed E-state index contributed by atoms with van der Waals surface area (Å²) in [5, 5.41) is 2.08. The number of carbonyl (C=O) groups excluding carboxylic acids is 1. The average molecular weight is 299 g/mol. The van der Waals surface area contributed by atoms with E-state index in [1.165, 1.54) is 10.4 Å². The molecule has 0 bridgehead atoms. The molecule has 0 radical (unpaired) electrons. The molecule has 1 unspecified atom stereocenters. The molecule has 110 valence electrons. The summed E-state index contributed by atoms with van der Waals surface area (Å²) in [5.74, 6) is 0.575. The minimum atomic E-state index is 0.281. The number of thiophene rings is 1. The van der Waals surface area contributed by atoms with Crippen LogP contribution in [0.2, 0.25) is 0 Å². The van der Waals surface area contributed by atoms with Crippen LogP contribution in [0, 0.1) is 0 Å². The van der Waals surface area contributed by atoms with Gasteiger partial charge in [0, 0.05) is 17.3 Å². The van der Waals surface area contributed by atoms with Crippen LogP contribution in [0.15, 0.2) is 47.8 Å². The van der Waals surface area contributed by atoms with Crippen molar-refractivity contribution in [3.8, 4) is 0 Å². The van der Waals surface area contributed by atoms with Gasteiger partial charge in [0.2, 0.25) is 5.91 Å². The van der Waals surface area contributed by atoms with Crippen LogP contribution in [0.4, 0.5) is 0 Å². The van der Waals surface area contributed by atoms with E-state index in [0.29, 0.717) is 18.4 Å². The van der Waals surface area contributed by atoms with Gasteiger partial charge in [-0.25, -0.2) is 0 Å². The van der Waals surface area contributed by atoms with E-state index < -0.39 is 0 Å². The lowest BCUT2D eigenvalue weighted by Crippen LogP contribution is -2.33. The molecule has 0 aliphatic heterocycles. The van der Waals surface area contributed by atoms with Crippen molar-refractivity contribution in [2.75, 3.05) is 0 Å². The van der Waals surface area contributed by atoms with Crippen molar-refractivity contribution in [2.45, 2.75) is 44.7 Å². The fourth-order valence-corrected chi connectivity index (χ4v) is 3.36. The Labute approximate surface area is 130 Å². The number of carbonyl (C=O) groups is 1. The SMILES string of the molecule is CC(CC(=O)N(Cc1cccs1)C1CC1)c1ccccc1. The average Bonchev–Trinajstić information content (AvgIpc) is 3.21. The number of hydrogen-bond acceptors (Lipinski definition) is 2. The Morgan fingerprint density at radius 3 is 2.62 bits per heavy atom. The normalized spacial score (nSPS) is 15.7. The first-order valence-electron chi connectivity index (χ1n) is 7.61. The molecule has 1 aliphatic carbocycles. The van der Waals surface area contributed by atoms with Crippen molar-refractivity contribution in [3.63, 3.8) is 0 Å². The highest BCUT2D eigenvalue weighted by Gasteiger charge is 2.33. The van der Waals surface area contributed by atoms with E-state index in [9.17, 15) is 4.79 Å². The minimum absolute atomic E-state index is 0.281. The number of amides is 1. The molecule has 1 amide bonds. The standard InChI is InChI=1S/C18H21NOS/c1-14(15-6-3-2-4-7-15)12-18(20)19(16-9-10-16)13-17-8-5-11-21-17/h2-8,11,14,16H,9-10,12-13H2,1H3. The van der Waals surface area contributed by atoms with Gasteiger partial charge in [0.15, 0.2) is 0 Å². The molecule has 1 aromatic carbocycles. The maximum Gasteiger partial charge on any atom is 0.223 e. The third-order valence-corrected chi connectivity index (χ3v) is 4.92. The highest BCUT2D eigenvalue weighted by atomic mass is 32.1. The molecule has 1 atom stereocenters. The summed E-state index contributed by atoms with van der Waals surface area (Å²) in [6.45, 7) is 2.92. The van der Waals surface area contributed by atoms with Gasteiger partial charge >= 0.3 is 0 Å². The van der Waals surface area contributed by atoms with Crippen molar-refractivity contribution in [3.05, 3.63) is 58.3 Å². The lowest BCUT2D eigenvalue weighted by Gasteiger charge is -2.23. The topological polar surface area (TPSA) is 20.3 Å². The summed E-state index contributed by atoms with van der Waals surface area (Å²) in [4.78, 5) is 16.0. The lowest BCUT2D eigenvalue weighted by atomic mass is 9.97. The van der Waals surface area contributed by atoms with Gasteiger partial charge in [-0.15, -0.1) is 11.3 Å². The monoisotopic (exact) mass is 299 g/mol. The van der Waals surface area contributed by atoms with Crippen LogP contribution in [0.3, 0.4) is 0 Å². The van der Waals surface area contributed by atoms with Crippen LogP contribution >= 0.6 is 11.3 Å². The van der Waals surface area contributed by atoms with Crippen LogP contribution in [0.25, 0.3) is 0 Å². The predicted octanol–water partition coefficient (Wildman–Crippen LogP) is 4.43. The third-order valence-electron chi connectivity index (χ3n) is 4.06.